The molecule has 1 fully saturated rings. The van der Waals surface area contributed by atoms with Crippen molar-refractivity contribution in [3.05, 3.63) is 34.6 Å². The number of rotatable bonds is 7. The average molecular weight is 411 g/mol. The monoisotopic (exact) mass is 410 g/mol. The maximum Gasteiger partial charge on any atom is 0.229 e. The van der Waals surface area contributed by atoms with E-state index in [1.54, 1.807) is 6.07 Å². The smallest absolute Gasteiger partial charge is 0.229 e. The third-order valence-corrected chi connectivity index (χ3v) is 4.96. The van der Waals surface area contributed by atoms with Crippen molar-refractivity contribution < 1.29 is 14.0 Å². The van der Waals surface area contributed by atoms with Gasteiger partial charge in [0.25, 0.3) is 0 Å². The van der Waals surface area contributed by atoms with E-state index in [0.29, 0.717) is 56.4 Å². The summed E-state index contributed by atoms with van der Waals surface area (Å²) in [6.45, 7) is 7.77. The van der Waals surface area contributed by atoms with Gasteiger partial charge in [-0.2, -0.15) is 0 Å². The molecular formula is C20H28ClFN4O2. The number of amides is 2. The lowest BCUT2D eigenvalue weighted by molar-refractivity contribution is -0.147. The zero-order valence-corrected chi connectivity index (χ0v) is 17.4. The number of guanidine groups is 1. The van der Waals surface area contributed by atoms with Crippen molar-refractivity contribution in [1.82, 2.24) is 15.5 Å². The van der Waals surface area contributed by atoms with Gasteiger partial charge in [0.1, 0.15) is 5.82 Å². The lowest BCUT2D eigenvalue weighted by atomic mass is 9.84. The van der Waals surface area contributed by atoms with Gasteiger partial charge in [-0.05, 0) is 31.0 Å². The molecule has 1 aliphatic heterocycles. The summed E-state index contributed by atoms with van der Waals surface area (Å²) in [5.74, 6) is -0.0188. The summed E-state index contributed by atoms with van der Waals surface area (Å²) in [7, 11) is 0. The van der Waals surface area contributed by atoms with Crippen LogP contribution in [-0.2, 0) is 15.0 Å². The molecule has 28 heavy (non-hydrogen) atoms. The van der Waals surface area contributed by atoms with Crippen molar-refractivity contribution >= 4 is 29.4 Å². The molecule has 1 aliphatic rings. The molecule has 1 heterocycles. The van der Waals surface area contributed by atoms with Crippen molar-refractivity contribution in [2.24, 2.45) is 4.99 Å². The second kappa shape index (κ2) is 9.87. The van der Waals surface area contributed by atoms with Gasteiger partial charge >= 0.3 is 0 Å². The van der Waals surface area contributed by atoms with E-state index < -0.39 is 5.41 Å². The molecule has 0 bridgehead atoms. The molecule has 8 heteroatoms. The van der Waals surface area contributed by atoms with Crippen LogP contribution in [0.15, 0.2) is 23.2 Å². The molecule has 0 unspecified atom stereocenters. The van der Waals surface area contributed by atoms with E-state index in [1.165, 1.54) is 17.0 Å². The van der Waals surface area contributed by atoms with E-state index in [4.69, 9.17) is 11.6 Å². The van der Waals surface area contributed by atoms with Crippen LogP contribution in [0.4, 0.5) is 4.39 Å². The van der Waals surface area contributed by atoms with E-state index in [0.717, 1.165) is 5.56 Å². The Balaban J connectivity index is 1.99. The van der Waals surface area contributed by atoms with Crippen LogP contribution in [0.1, 0.15) is 45.6 Å². The number of nitrogens with zero attached hydrogens (tertiary/aromatic N) is 2. The number of imide groups is 1. The molecule has 0 aromatic heterocycles. The molecule has 2 amide bonds. The van der Waals surface area contributed by atoms with Crippen LogP contribution in [0.3, 0.4) is 0 Å². The highest BCUT2D eigenvalue weighted by molar-refractivity contribution is 6.31. The highest BCUT2D eigenvalue weighted by atomic mass is 35.5. The Kier molecular flexibility index (Phi) is 7.80. The van der Waals surface area contributed by atoms with E-state index in [1.807, 2.05) is 20.8 Å². The first-order valence-corrected chi connectivity index (χ1v) is 9.93. The van der Waals surface area contributed by atoms with Crippen molar-refractivity contribution in [2.75, 3.05) is 26.2 Å². The van der Waals surface area contributed by atoms with Crippen LogP contribution in [0.2, 0.25) is 5.02 Å². The van der Waals surface area contributed by atoms with Crippen LogP contribution >= 0.6 is 11.6 Å². The first-order chi connectivity index (χ1) is 13.2. The standard InChI is InChI=1S/C20H28ClFN4O2/c1-4-23-19(24-10-11-26-17(27)6-5-7-18(26)28)25-13-20(2,3)15-9-8-14(22)12-16(15)21/h8-9,12H,4-7,10-11,13H2,1-3H3,(H2,23,24,25). The maximum atomic E-state index is 13.3. The number of carbonyl (C=O) groups excluding carboxylic acids is 2. The summed E-state index contributed by atoms with van der Waals surface area (Å²) in [5, 5.41) is 6.68. The maximum absolute atomic E-state index is 13.3. The third-order valence-electron chi connectivity index (χ3n) is 4.65. The van der Waals surface area contributed by atoms with Gasteiger partial charge in [0, 0.05) is 42.9 Å². The van der Waals surface area contributed by atoms with Crippen LogP contribution in [0.5, 0.6) is 0 Å². The fourth-order valence-electron chi connectivity index (χ4n) is 3.08. The Morgan fingerprint density at radius 3 is 2.54 bits per heavy atom. The quantitative estimate of drug-likeness (QED) is 0.412. The Labute approximate surface area is 170 Å². The fourth-order valence-corrected chi connectivity index (χ4v) is 3.50. The molecule has 6 nitrogen and oxygen atoms in total. The molecule has 0 atom stereocenters. The molecule has 154 valence electrons. The Bertz CT molecular complexity index is 736. The first-order valence-electron chi connectivity index (χ1n) is 9.55. The predicted octanol–water partition coefficient (Wildman–Crippen LogP) is 2.85. The number of hydrogen-bond acceptors (Lipinski definition) is 3. The summed E-state index contributed by atoms with van der Waals surface area (Å²) >= 11 is 6.20. The third kappa shape index (κ3) is 5.92. The number of carbonyl (C=O) groups is 2. The highest BCUT2D eigenvalue weighted by Gasteiger charge is 2.26. The van der Waals surface area contributed by atoms with Gasteiger partial charge in [-0.1, -0.05) is 31.5 Å². The predicted molar refractivity (Wildman–Crippen MR) is 109 cm³/mol. The van der Waals surface area contributed by atoms with Gasteiger partial charge in [-0.3, -0.25) is 19.5 Å². The SMILES string of the molecule is CCNC(=NCC(C)(C)c1ccc(F)cc1Cl)NCCN1C(=O)CCCC1=O. The summed E-state index contributed by atoms with van der Waals surface area (Å²) in [6, 6.07) is 4.38. The summed E-state index contributed by atoms with van der Waals surface area (Å²) in [6.07, 6.45) is 1.48. The van der Waals surface area contributed by atoms with Gasteiger partial charge in [0.05, 0.1) is 6.54 Å². The Morgan fingerprint density at radius 2 is 1.93 bits per heavy atom. The van der Waals surface area contributed by atoms with Crippen molar-refractivity contribution in [1.29, 1.82) is 0 Å². The molecule has 1 aromatic rings. The number of nitrogens with one attached hydrogen (secondary N) is 2. The lowest BCUT2D eigenvalue weighted by Gasteiger charge is -2.26. The summed E-state index contributed by atoms with van der Waals surface area (Å²) in [5.41, 5.74) is 0.422. The van der Waals surface area contributed by atoms with Crippen LogP contribution < -0.4 is 10.6 Å². The summed E-state index contributed by atoms with van der Waals surface area (Å²) < 4.78 is 13.3. The number of piperidine rings is 1. The van der Waals surface area contributed by atoms with Crippen molar-refractivity contribution in [2.45, 2.75) is 45.4 Å². The van der Waals surface area contributed by atoms with Gasteiger partial charge in [-0.25, -0.2) is 4.39 Å². The second-order valence-electron chi connectivity index (χ2n) is 7.42. The zero-order valence-electron chi connectivity index (χ0n) is 16.6. The highest BCUT2D eigenvalue weighted by Crippen LogP contribution is 2.30. The summed E-state index contributed by atoms with van der Waals surface area (Å²) in [4.78, 5) is 29.6. The molecule has 0 spiro atoms. The van der Waals surface area contributed by atoms with Crippen LogP contribution in [0.25, 0.3) is 0 Å². The second-order valence-corrected chi connectivity index (χ2v) is 7.83. The Morgan fingerprint density at radius 1 is 1.25 bits per heavy atom. The van der Waals surface area contributed by atoms with Gasteiger partial charge in [0.2, 0.25) is 11.8 Å². The minimum Gasteiger partial charge on any atom is -0.357 e. The van der Waals surface area contributed by atoms with Crippen LogP contribution in [0, 0.1) is 5.82 Å². The molecule has 0 radical (unpaired) electrons. The molecule has 1 aromatic carbocycles. The van der Waals surface area contributed by atoms with Gasteiger partial charge in [0.15, 0.2) is 5.96 Å². The molecular weight excluding hydrogens is 383 g/mol. The molecule has 0 saturated carbocycles. The van der Waals surface area contributed by atoms with E-state index >= 15 is 0 Å². The largest absolute Gasteiger partial charge is 0.357 e. The normalized spacial score (nSPS) is 15.8. The molecule has 0 aliphatic carbocycles. The van der Waals surface area contributed by atoms with Crippen LogP contribution in [-0.4, -0.2) is 48.9 Å². The van der Waals surface area contributed by atoms with E-state index in [-0.39, 0.29) is 17.6 Å². The molecule has 1 saturated heterocycles. The molecule has 2 N–H and O–H groups in total. The minimum absolute atomic E-state index is 0.118. The number of likely N-dealkylation sites (tertiary alicyclic amines) is 1. The number of hydrogen-bond donors (Lipinski definition) is 2. The minimum atomic E-state index is -0.397. The van der Waals surface area contributed by atoms with Crippen molar-refractivity contribution in [3.63, 3.8) is 0 Å². The van der Waals surface area contributed by atoms with E-state index in [9.17, 15) is 14.0 Å². The number of aliphatic imine (C=N–C) groups is 1. The zero-order chi connectivity index (χ0) is 20.7. The van der Waals surface area contributed by atoms with Gasteiger partial charge < -0.3 is 10.6 Å². The topological polar surface area (TPSA) is 73.8 Å². The number of halogens is 2. The van der Waals surface area contributed by atoms with Gasteiger partial charge in [-0.15, -0.1) is 0 Å². The average Bonchev–Trinajstić information content (AvgIpc) is 2.61. The first kappa shape index (κ1) is 22.1. The van der Waals surface area contributed by atoms with E-state index in [2.05, 4.69) is 15.6 Å². The molecule has 2 rings (SSSR count). The number of benzene rings is 1. The lowest BCUT2D eigenvalue weighted by Crippen LogP contribution is -2.46. The Hall–Kier alpha value is -2.15. The van der Waals surface area contributed by atoms with Crippen molar-refractivity contribution in [3.8, 4) is 0 Å². The fraction of sp³-hybridized carbons (Fsp3) is 0.550.